The molecule has 0 aliphatic carbocycles. The summed E-state index contributed by atoms with van der Waals surface area (Å²) < 4.78 is 10.2. The first-order valence-electron chi connectivity index (χ1n) is 11.1. The van der Waals surface area contributed by atoms with E-state index in [1.54, 1.807) is 0 Å². The number of pyridine rings is 1. The van der Waals surface area contributed by atoms with E-state index in [1.165, 1.54) is 12.3 Å². The highest BCUT2D eigenvalue weighted by Gasteiger charge is 2.35. The molecule has 8 nitrogen and oxygen atoms in total. The Morgan fingerprint density at radius 3 is 2.69 bits per heavy atom. The Balaban J connectivity index is 1.70. The molecule has 168 valence electrons. The summed E-state index contributed by atoms with van der Waals surface area (Å²) >= 11 is 0. The molecule has 0 radical (unpaired) electrons. The van der Waals surface area contributed by atoms with E-state index in [0.717, 1.165) is 48.3 Å². The first-order valence-corrected chi connectivity index (χ1v) is 11.1. The fourth-order valence-corrected chi connectivity index (χ4v) is 4.82. The molecule has 0 spiro atoms. The topological polar surface area (TPSA) is 98.4 Å². The lowest BCUT2D eigenvalue weighted by Crippen LogP contribution is -2.35. The van der Waals surface area contributed by atoms with E-state index < -0.39 is 11.4 Å². The summed E-state index contributed by atoms with van der Waals surface area (Å²) in [6, 6.07) is 7.26. The SMILES string of the molecule is CC(C)(C)C1Cn2nc3c(OC4CCNCC4)cccc3c2-c2cc(=O)c(C(=O)O)cn21. The maximum Gasteiger partial charge on any atom is 0.341 e. The van der Waals surface area contributed by atoms with Gasteiger partial charge in [-0.2, -0.15) is 5.10 Å². The number of carboxylic acid groups (broad SMARTS) is 1. The fraction of sp³-hybridized carbons (Fsp3) is 0.458. The Labute approximate surface area is 185 Å². The minimum Gasteiger partial charge on any atom is -0.488 e. The third-order valence-corrected chi connectivity index (χ3v) is 6.55. The fourth-order valence-electron chi connectivity index (χ4n) is 4.82. The van der Waals surface area contributed by atoms with Crippen LogP contribution in [0.15, 0.2) is 35.3 Å². The van der Waals surface area contributed by atoms with Crippen LogP contribution in [0, 0.1) is 5.41 Å². The molecular weight excluding hydrogens is 408 g/mol. The molecule has 3 aromatic rings. The Morgan fingerprint density at radius 2 is 2.00 bits per heavy atom. The number of carboxylic acids is 1. The van der Waals surface area contributed by atoms with Crippen LogP contribution in [0.4, 0.5) is 0 Å². The molecule has 2 aromatic heterocycles. The average Bonchev–Trinajstić information content (AvgIpc) is 3.12. The lowest BCUT2D eigenvalue weighted by atomic mass is 9.85. The van der Waals surface area contributed by atoms with Crippen LogP contribution in [-0.2, 0) is 6.54 Å². The van der Waals surface area contributed by atoms with E-state index in [9.17, 15) is 14.7 Å². The van der Waals surface area contributed by atoms with Crippen LogP contribution in [0.3, 0.4) is 0 Å². The van der Waals surface area contributed by atoms with E-state index in [-0.39, 0.29) is 23.1 Å². The summed E-state index contributed by atoms with van der Waals surface area (Å²) in [6.07, 6.45) is 3.54. The lowest BCUT2D eigenvalue weighted by Gasteiger charge is -2.38. The number of hydrogen-bond acceptors (Lipinski definition) is 5. The molecule has 4 heterocycles. The van der Waals surface area contributed by atoms with Crippen LogP contribution < -0.4 is 15.5 Å². The van der Waals surface area contributed by atoms with Gasteiger partial charge in [0, 0.05) is 17.6 Å². The van der Waals surface area contributed by atoms with Crippen molar-refractivity contribution in [2.24, 2.45) is 5.41 Å². The van der Waals surface area contributed by atoms with Crippen molar-refractivity contribution in [2.45, 2.75) is 52.3 Å². The molecule has 1 aromatic carbocycles. The normalized spacial score (nSPS) is 18.9. The van der Waals surface area contributed by atoms with Crippen LogP contribution in [0.5, 0.6) is 5.75 Å². The second-order valence-corrected chi connectivity index (χ2v) is 9.78. The number of hydrogen-bond donors (Lipinski definition) is 2. The monoisotopic (exact) mass is 436 g/mol. The van der Waals surface area contributed by atoms with Crippen LogP contribution in [0.1, 0.15) is 50.0 Å². The molecule has 2 N–H and O–H groups in total. The molecule has 2 aliphatic heterocycles. The van der Waals surface area contributed by atoms with E-state index in [0.29, 0.717) is 12.2 Å². The van der Waals surface area contributed by atoms with E-state index >= 15 is 0 Å². The summed E-state index contributed by atoms with van der Waals surface area (Å²) in [5.74, 6) is -0.459. The molecule has 8 heteroatoms. The van der Waals surface area contributed by atoms with Crippen molar-refractivity contribution in [2.75, 3.05) is 13.1 Å². The van der Waals surface area contributed by atoms with Crippen molar-refractivity contribution in [1.82, 2.24) is 19.7 Å². The third kappa shape index (κ3) is 3.39. The number of nitrogens with zero attached hydrogens (tertiary/aromatic N) is 3. The van der Waals surface area contributed by atoms with Crippen LogP contribution in [-0.4, -0.2) is 44.6 Å². The number of piperidine rings is 1. The molecule has 1 saturated heterocycles. The number of rotatable bonds is 3. The highest BCUT2D eigenvalue weighted by atomic mass is 16.5. The zero-order valence-corrected chi connectivity index (χ0v) is 18.6. The van der Waals surface area contributed by atoms with Crippen LogP contribution in [0.2, 0.25) is 0 Å². The van der Waals surface area contributed by atoms with Gasteiger partial charge in [0.2, 0.25) is 0 Å². The quantitative estimate of drug-likeness (QED) is 0.654. The molecule has 1 fully saturated rings. The number of fused-ring (bicyclic) bond motifs is 5. The van der Waals surface area contributed by atoms with Crippen molar-refractivity contribution in [1.29, 1.82) is 0 Å². The van der Waals surface area contributed by atoms with Gasteiger partial charge in [-0.1, -0.05) is 32.9 Å². The van der Waals surface area contributed by atoms with Gasteiger partial charge in [0.15, 0.2) is 5.43 Å². The lowest BCUT2D eigenvalue weighted by molar-refractivity contribution is 0.0693. The Morgan fingerprint density at radius 1 is 1.25 bits per heavy atom. The first kappa shape index (κ1) is 20.8. The average molecular weight is 437 g/mol. The van der Waals surface area contributed by atoms with Gasteiger partial charge < -0.3 is 19.7 Å². The number of nitrogens with one attached hydrogen (secondary N) is 1. The smallest absolute Gasteiger partial charge is 0.341 e. The van der Waals surface area contributed by atoms with Gasteiger partial charge in [0.05, 0.1) is 24.0 Å². The molecule has 1 unspecified atom stereocenters. The van der Waals surface area contributed by atoms with Crippen LogP contribution in [0.25, 0.3) is 22.3 Å². The van der Waals surface area contributed by atoms with E-state index in [1.807, 2.05) is 27.4 Å². The minimum atomic E-state index is -1.21. The number of benzene rings is 1. The summed E-state index contributed by atoms with van der Waals surface area (Å²) in [7, 11) is 0. The molecular formula is C24H28N4O4. The molecule has 0 amide bonds. The van der Waals surface area contributed by atoms with Gasteiger partial charge in [-0.05, 0) is 37.4 Å². The van der Waals surface area contributed by atoms with Gasteiger partial charge in [-0.15, -0.1) is 0 Å². The predicted molar refractivity (Wildman–Crippen MR) is 121 cm³/mol. The Hall–Kier alpha value is -3.13. The maximum atomic E-state index is 12.6. The predicted octanol–water partition coefficient (Wildman–Crippen LogP) is 3.29. The van der Waals surface area contributed by atoms with Crippen molar-refractivity contribution in [3.05, 3.63) is 46.2 Å². The molecule has 0 bridgehead atoms. The zero-order chi connectivity index (χ0) is 22.6. The highest BCUT2D eigenvalue weighted by Crippen LogP contribution is 2.43. The van der Waals surface area contributed by atoms with Gasteiger partial charge in [0.1, 0.15) is 22.9 Å². The Bertz CT molecular complexity index is 1260. The first-order chi connectivity index (χ1) is 15.2. The highest BCUT2D eigenvalue weighted by molar-refractivity contribution is 5.96. The summed E-state index contributed by atoms with van der Waals surface area (Å²) in [4.78, 5) is 24.3. The summed E-state index contributed by atoms with van der Waals surface area (Å²) in [5, 5.41) is 18.7. The maximum absolute atomic E-state index is 12.6. The largest absolute Gasteiger partial charge is 0.488 e. The van der Waals surface area contributed by atoms with Gasteiger partial charge >= 0.3 is 5.97 Å². The second-order valence-electron chi connectivity index (χ2n) is 9.78. The van der Waals surface area contributed by atoms with E-state index in [2.05, 4.69) is 26.1 Å². The third-order valence-electron chi connectivity index (χ3n) is 6.55. The standard InChI is InChI=1S/C24H28N4O4/c1-24(2,3)20-13-28-22(17-11-18(29)16(23(30)31)12-27(17)20)15-5-4-6-19(21(15)26-28)32-14-7-9-25-10-8-14/h4-6,11-12,14,20,25H,7-10,13H2,1-3H3,(H,30,31). The van der Waals surface area contributed by atoms with Crippen LogP contribution >= 0.6 is 0 Å². The second kappa shape index (κ2) is 7.48. The molecule has 32 heavy (non-hydrogen) atoms. The summed E-state index contributed by atoms with van der Waals surface area (Å²) in [6.45, 7) is 8.79. The molecule has 0 saturated carbocycles. The Kier molecular flexibility index (Phi) is 4.85. The molecule has 1 atom stereocenters. The number of carbonyl (C=O) groups is 1. The minimum absolute atomic E-state index is 0.0631. The molecule has 5 rings (SSSR count). The number of ether oxygens (including phenoxy) is 1. The molecule has 2 aliphatic rings. The van der Waals surface area contributed by atoms with Crippen molar-refractivity contribution in [3.8, 4) is 17.1 Å². The van der Waals surface area contributed by atoms with E-state index in [4.69, 9.17) is 9.84 Å². The van der Waals surface area contributed by atoms with Crippen molar-refractivity contribution in [3.63, 3.8) is 0 Å². The zero-order valence-electron chi connectivity index (χ0n) is 18.6. The van der Waals surface area contributed by atoms with Crippen molar-refractivity contribution < 1.29 is 14.6 Å². The van der Waals surface area contributed by atoms with Crippen molar-refractivity contribution >= 4 is 16.9 Å². The van der Waals surface area contributed by atoms with Gasteiger partial charge in [-0.3, -0.25) is 9.48 Å². The van der Waals surface area contributed by atoms with Gasteiger partial charge in [-0.25, -0.2) is 4.79 Å². The summed E-state index contributed by atoms with van der Waals surface area (Å²) in [5.41, 5.74) is 1.40. The van der Waals surface area contributed by atoms with Gasteiger partial charge in [0.25, 0.3) is 0 Å². The number of aromatic nitrogens is 3. The number of aromatic carboxylic acids is 1.